The number of nitrogens with one attached hydrogen (secondary N) is 1. The van der Waals surface area contributed by atoms with Crippen LogP contribution < -0.4 is 14.8 Å². The summed E-state index contributed by atoms with van der Waals surface area (Å²) >= 11 is 3.49. The Morgan fingerprint density at radius 3 is 2.26 bits per heavy atom. The van der Waals surface area contributed by atoms with Crippen molar-refractivity contribution in [2.24, 2.45) is 0 Å². The Labute approximate surface area is 257 Å². The standard InChI is InChI=1S/C32H43BrN4O5/c1-5-7-15-36(23-28-10-8-16-35(28)22-25-11-13-26(33)14-12-25)31(38)24-37(17-9-18-42-6-2)32(39)34-27-19-29(40-3)21-30(20-27)41-4/h8,10-14,16,19-21H,5-7,9,15,17-18,22-24H2,1-4H3,(H,34,39). The predicted octanol–water partition coefficient (Wildman–Crippen LogP) is 6.41. The van der Waals surface area contributed by atoms with Crippen molar-refractivity contribution < 1.29 is 23.8 Å². The minimum Gasteiger partial charge on any atom is -0.497 e. The molecular weight excluding hydrogens is 600 g/mol. The summed E-state index contributed by atoms with van der Waals surface area (Å²) in [7, 11) is 3.11. The van der Waals surface area contributed by atoms with Gasteiger partial charge in [0.25, 0.3) is 0 Å². The maximum Gasteiger partial charge on any atom is 0.322 e. The van der Waals surface area contributed by atoms with Gasteiger partial charge in [-0.25, -0.2) is 4.79 Å². The van der Waals surface area contributed by atoms with Crippen LogP contribution in [0.4, 0.5) is 10.5 Å². The molecule has 3 aromatic rings. The van der Waals surface area contributed by atoms with Crippen LogP contribution in [0.3, 0.4) is 0 Å². The number of methoxy groups -OCH3 is 2. The van der Waals surface area contributed by atoms with Crippen molar-refractivity contribution in [1.82, 2.24) is 14.4 Å². The Morgan fingerprint density at radius 2 is 1.62 bits per heavy atom. The number of nitrogens with zero attached hydrogens (tertiary/aromatic N) is 3. The summed E-state index contributed by atoms with van der Waals surface area (Å²) in [5.74, 6) is 1.01. The second-order valence-corrected chi connectivity index (χ2v) is 10.8. The number of halogens is 1. The highest BCUT2D eigenvalue weighted by Crippen LogP contribution is 2.26. The van der Waals surface area contributed by atoms with Crippen molar-refractivity contribution >= 4 is 33.6 Å². The van der Waals surface area contributed by atoms with Crippen LogP contribution in [0, 0.1) is 0 Å². The van der Waals surface area contributed by atoms with Gasteiger partial charge in [0.05, 0.1) is 20.8 Å². The number of hydrogen-bond donors (Lipinski definition) is 1. The summed E-state index contributed by atoms with van der Waals surface area (Å²) in [6, 6.07) is 17.1. The Hall–Kier alpha value is -3.50. The van der Waals surface area contributed by atoms with E-state index in [1.807, 2.05) is 42.3 Å². The van der Waals surface area contributed by atoms with Gasteiger partial charge >= 0.3 is 6.03 Å². The van der Waals surface area contributed by atoms with Crippen LogP contribution in [-0.2, 0) is 22.6 Å². The lowest BCUT2D eigenvalue weighted by molar-refractivity contribution is -0.132. The molecule has 3 amide bonds. The van der Waals surface area contributed by atoms with Crippen LogP contribution in [0.25, 0.3) is 0 Å². The molecule has 1 aromatic heterocycles. The summed E-state index contributed by atoms with van der Waals surface area (Å²) in [6.07, 6.45) is 4.48. The van der Waals surface area contributed by atoms with E-state index in [0.717, 1.165) is 23.0 Å². The molecule has 3 rings (SSSR count). The summed E-state index contributed by atoms with van der Waals surface area (Å²) in [6.45, 7) is 7.25. The van der Waals surface area contributed by atoms with Crippen LogP contribution in [0.2, 0.25) is 0 Å². The van der Waals surface area contributed by atoms with Crippen molar-refractivity contribution in [2.75, 3.05) is 52.4 Å². The number of unbranched alkanes of at least 4 members (excludes halogenated alkanes) is 1. The number of aromatic nitrogens is 1. The normalized spacial score (nSPS) is 10.8. The third kappa shape index (κ3) is 10.4. The van der Waals surface area contributed by atoms with Gasteiger partial charge in [0.2, 0.25) is 5.91 Å². The van der Waals surface area contributed by atoms with Gasteiger partial charge in [-0.15, -0.1) is 0 Å². The first-order valence-corrected chi connectivity index (χ1v) is 15.2. The molecule has 0 aliphatic rings. The molecule has 0 fully saturated rings. The average molecular weight is 644 g/mol. The number of ether oxygens (including phenoxy) is 3. The molecule has 0 spiro atoms. The first-order valence-electron chi connectivity index (χ1n) is 14.4. The number of carbonyl (C=O) groups is 2. The monoisotopic (exact) mass is 642 g/mol. The summed E-state index contributed by atoms with van der Waals surface area (Å²) in [4.78, 5) is 30.6. The molecule has 42 heavy (non-hydrogen) atoms. The Morgan fingerprint density at radius 1 is 0.929 bits per heavy atom. The molecule has 2 aromatic carbocycles. The van der Waals surface area contributed by atoms with Gasteiger partial charge in [-0.3, -0.25) is 4.79 Å². The molecular formula is C32H43BrN4O5. The minimum atomic E-state index is -0.371. The number of rotatable bonds is 17. The predicted molar refractivity (Wildman–Crippen MR) is 169 cm³/mol. The molecule has 1 heterocycles. The fraction of sp³-hybridized carbons (Fsp3) is 0.438. The van der Waals surface area contributed by atoms with Crippen molar-refractivity contribution in [1.29, 1.82) is 0 Å². The van der Waals surface area contributed by atoms with Gasteiger partial charge in [-0.05, 0) is 49.6 Å². The van der Waals surface area contributed by atoms with E-state index in [1.54, 1.807) is 37.3 Å². The van der Waals surface area contributed by atoms with E-state index in [1.165, 1.54) is 5.56 Å². The van der Waals surface area contributed by atoms with Gasteiger partial charge in [0, 0.05) is 73.1 Å². The van der Waals surface area contributed by atoms with E-state index >= 15 is 0 Å². The molecule has 10 heteroatoms. The highest BCUT2D eigenvalue weighted by atomic mass is 79.9. The summed E-state index contributed by atoms with van der Waals surface area (Å²) in [5, 5.41) is 2.91. The van der Waals surface area contributed by atoms with Gasteiger partial charge < -0.3 is 33.9 Å². The average Bonchev–Trinajstić information content (AvgIpc) is 3.43. The fourth-order valence-corrected chi connectivity index (χ4v) is 4.73. The number of carbonyl (C=O) groups excluding carboxylic acids is 2. The highest BCUT2D eigenvalue weighted by molar-refractivity contribution is 9.10. The number of anilines is 1. The Bertz CT molecular complexity index is 1240. The molecule has 0 saturated carbocycles. The number of urea groups is 1. The van der Waals surface area contributed by atoms with Crippen molar-refractivity contribution in [3.63, 3.8) is 0 Å². The second-order valence-electron chi connectivity index (χ2n) is 9.93. The summed E-state index contributed by atoms with van der Waals surface area (Å²) in [5.41, 5.74) is 2.73. The van der Waals surface area contributed by atoms with E-state index in [0.29, 0.717) is 63.0 Å². The maximum absolute atomic E-state index is 13.8. The van der Waals surface area contributed by atoms with Crippen LogP contribution in [0.1, 0.15) is 44.4 Å². The first kappa shape index (κ1) is 33.0. The lowest BCUT2D eigenvalue weighted by Gasteiger charge is -2.28. The number of benzene rings is 2. The molecule has 0 unspecified atom stereocenters. The third-order valence-electron chi connectivity index (χ3n) is 6.81. The zero-order valence-corrected chi connectivity index (χ0v) is 26.7. The van der Waals surface area contributed by atoms with Gasteiger partial charge in [0.15, 0.2) is 0 Å². The van der Waals surface area contributed by atoms with Crippen LogP contribution >= 0.6 is 15.9 Å². The van der Waals surface area contributed by atoms with E-state index in [4.69, 9.17) is 14.2 Å². The third-order valence-corrected chi connectivity index (χ3v) is 7.34. The Kier molecular flexibility index (Phi) is 13.7. The minimum absolute atomic E-state index is 0.0454. The lowest BCUT2D eigenvalue weighted by atomic mass is 10.2. The molecule has 228 valence electrons. The molecule has 0 aliphatic heterocycles. The van der Waals surface area contributed by atoms with Gasteiger partial charge in [-0.1, -0.05) is 41.4 Å². The lowest BCUT2D eigenvalue weighted by Crippen LogP contribution is -2.45. The number of amides is 3. The van der Waals surface area contributed by atoms with E-state index < -0.39 is 0 Å². The largest absolute Gasteiger partial charge is 0.497 e. The molecule has 0 radical (unpaired) electrons. The first-order chi connectivity index (χ1) is 20.4. The van der Waals surface area contributed by atoms with Crippen molar-refractivity contribution in [3.8, 4) is 11.5 Å². The summed E-state index contributed by atoms with van der Waals surface area (Å²) < 4.78 is 19.4. The maximum atomic E-state index is 13.8. The van der Waals surface area contributed by atoms with E-state index in [2.05, 4.69) is 44.9 Å². The zero-order valence-electron chi connectivity index (χ0n) is 25.1. The highest BCUT2D eigenvalue weighted by Gasteiger charge is 2.22. The molecule has 9 nitrogen and oxygen atoms in total. The second kappa shape index (κ2) is 17.5. The van der Waals surface area contributed by atoms with Gasteiger partial charge in [0.1, 0.15) is 18.0 Å². The number of hydrogen-bond acceptors (Lipinski definition) is 5. The van der Waals surface area contributed by atoms with E-state index in [9.17, 15) is 9.59 Å². The van der Waals surface area contributed by atoms with Crippen molar-refractivity contribution in [2.45, 2.75) is 46.2 Å². The van der Waals surface area contributed by atoms with Crippen LogP contribution in [0.15, 0.2) is 65.3 Å². The van der Waals surface area contributed by atoms with Crippen LogP contribution in [-0.4, -0.2) is 73.4 Å². The quantitative estimate of drug-likeness (QED) is 0.172. The topological polar surface area (TPSA) is 85.3 Å². The smallest absolute Gasteiger partial charge is 0.322 e. The fourth-order valence-electron chi connectivity index (χ4n) is 4.47. The Balaban J connectivity index is 1.76. The molecule has 0 aliphatic carbocycles. The molecule has 0 atom stereocenters. The van der Waals surface area contributed by atoms with Crippen LogP contribution in [0.5, 0.6) is 11.5 Å². The van der Waals surface area contributed by atoms with E-state index in [-0.39, 0.29) is 18.5 Å². The molecule has 0 bridgehead atoms. The van der Waals surface area contributed by atoms with Crippen molar-refractivity contribution in [3.05, 3.63) is 76.5 Å². The molecule has 0 saturated heterocycles. The SMILES string of the molecule is CCCCN(Cc1cccn1Cc1ccc(Br)cc1)C(=O)CN(CCCOCC)C(=O)Nc1cc(OC)cc(OC)c1. The zero-order chi connectivity index (χ0) is 30.3. The molecule has 1 N–H and O–H groups in total. The van der Waals surface area contributed by atoms with Gasteiger partial charge in [-0.2, -0.15) is 0 Å².